The number of thiophene rings is 1. The van der Waals surface area contributed by atoms with Crippen molar-refractivity contribution in [3.05, 3.63) is 21.9 Å². The first kappa shape index (κ1) is 11.6. The lowest BCUT2D eigenvalue weighted by atomic mass is 10.1. The summed E-state index contributed by atoms with van der Waals surface area (Å²) in [6, 6.07) is 2.59. The highest BCUT2D eigenvalue weighted by Gasteiger charge is 2.14. The maximum atomic E-state index is 11.8. The summed E-state index contributed by atoms with van der Waals surface area (Å²) in [6.45, 7) is 3.88. The molecule has 0 aromatic carbocycles. The number of nitrogens with one attached hydrogen (secondary N) is 2. The Morgan fingerprint density at radius 3 is 3.19 bits per heavy atom. The number of carbonyl (C=O) groups is 1. The van der Waals surface area contributed by atoms with Gasteiger partial charge in [-0.1, -0.05) is 0 Å². The highest BCUT2D eigenvalue weighted by Crippen LogP contribution is 2.15. The van der Waals surface area contributed by atoms with Gasteiger partial charge in [-0.15, -0.1) is 11.3 Å². The molecule has 1 amide bonds. The van der Waals surface area contributed by atoms with Crippen molar-refractivity contribution in [1.82, 2.24) is 10.6 Å². The molecule has 2 rings (SSSR count). The molecule has 2 N–H and O–H groups in total. The van der Waals surface area contributed by atoms with E-state index in [4.69, 9.17) is 0 Å². The SMILES string of the molecule is Cc1ccsc1C(=O)NCC[C@@H]1CCCN1. The summed E-state index contributed by atoms with van der Waals surface area (Å²) in [6.07, 6.45) is 3.55. The van der Waals surface area contributed by atoms with Gasteiger partial charge in [-0.25, -0.2) is 0 Å². The number of rotatable bonds is 4. The Morgan fingerprint density at radius 2 is 2.56 bits per heavy atom. The van der Waals surface area contributed by atoms with E-state index in [-0.39, 0.29) is 5.91 Å². The second-order valence-corrected chi connectivity index (χ2v) is 5.19. The van der Waals surface area contributed by atoms with Crippen LogP contribution in [0.5, 0.6) is 0 Å². The maximum absolute atomic E-state index is 11.8. The number of carbonyl (C=O) groups excluding carboxylic acids is 1. The Balaban J connectivity index is 1.73. The summed E-state index contributed by atoms with van der Waals surface area (Å²) in [5.41, 5.74) is 1.07. The fraction of sp³-hybridized carbons (Fsp3) is 0.583. The molecule has 1 atom stereocenters. The Morgan fingerprint density at radius 1 is 1.69 bits per heavy atom. The molecule has 0 unspecified atom stereocenters. The third kappa shape index (κ3) is 2.83. The van der Waals surface area contributed by atoms with Crippen LogP contribution in [0.3, 0.4) is 0 Å². The smallest absolute Gasteiger partial charge is 0.261 e. The van der Waals surface area contributed by atoms with Crippen LogP contribution in [0.1, 0.15) is 34.5 Å². The summed E-state index contributed by atoms with van der Waals surface area (Å²) in [7, 11) is 0. The predicted octanol–water partition coefficient (Wildman–Crippen LogP) is 1.93. The molecule has 1 aliphatic rings. The lowest BCUT2D eigenvalue weighted by molar-refractivity contribution is 0.0956. The highest BCUT2D eigenvalue weighted by molar-refractivity contribution is 7.12. The van der Waals surface area contributed by atoms with Crippen molar-refractivity contribution in [3.8, 4) is 0 Å². The fourth-order valence-electron chi connectivity index (χ4n) is 2.05. The van der Waals surface area contributed by atoms with Crippen LogP contribution in [-0.2, 0) is 0 Å². The van der Waals surface area contributed by atoms with Crippen molar-refractivity contribution in [2.75, 3.05) is 13.1 Å². The summed E-state index contributed by atoms with van der Waals surface area (Å²) < 4.78 is 0. The third-order valence-electron chi connectivity index (χ3n) is 3.01. The van der Waals surface area contributed by atoms with Gasteiger partial charge in [-0.3, -0.25) is 4.79 Å². The Labute approximate surface area is 100 Å². The van der Waals surface area contributed by atoms with E-state index in [0.29, 0.717) is 6.04 Å². The van der Waals surface area contributed by atoms with Gasteiger partial charge in [0.15, 0.2) is 0 Å². The van der Waals surface area contributed by atoms with E-state index in [9.17, 15) is 4.79 Å². The van der Waals surface area contributed by atoms with E-state index in [1.165, 1.54) is 24.2 Å². The van der Waals surface area contributed by atoms with Crippen molar-refractivity contribution < 1.29 is 4.79 Å². The first-order valence-electron chi connectivity index (χ1n) is 5.83. The lowest BCUT2D eigenvalue weighted by Crippen LogP contribution is -2.30. The average Bonchev–Trinajstić information content (AvgIpc) is 2.88. The van der Waals surface area contributed by atoms with Gasteiger partial charge in [-0.2, -0.15) is 0 Å². The van der Waals surface area contributed by atoms with E-state index in [2.05, 4.69) is 10.6 Å². The van der Waals surface area contributed by atoms with Gasteiger partial charge >= 0.3 is 0 Å². The standard InChI is InChI=1S/C12H18N2OS/c1-9-5-8-16-11(9)12(15)14-7-4-10-3-2-6-13-10/h5,8,10,13H,2-4,6-7H2,1H3,(H,14,15)/t10-/m0/s1. The highest BCUT2D eigenvalue weighted by atomic mass is 32.1. The van der Waals surface area contributed by atoms with Crippen molar-refractivity contribution >= 4 is 17.2 Å². The molecule has 0 saturated carbocycles. The second-order valence-electron chi connectivity index (χ2n) is 4.27. The first-order chi connectivity index (χ1) is 7.77. The Bertz CT molecular complexity index is 356. The quantitative estimate of drug-likeness (QED) is 0.841. The molecule has 0 spiro atoms. The normalized spacial score (nSPS) is 19.9. The molecule has 88 valence electrons. The minimum Gasteiger partial charge on any atom is -0.351 e. The van der Waals surface area contributed by atoms with Crippen LogP contribution in [0.4, 0.5) is 0 Å². The zero-order chi connectivity index (χ0) is 11.4. The molecule has 1 aliphatic heterocycles. The van der Waals surface area contributed by atoms with Crippen LogP contribution in [0.2, 0.25) is 0 Å². The number of aryl methyl sites for hydroxylation is 1. The molecule has 0 radical (unpaired) electrons. The summed E-state index contributed by atoms with van der Waals surface area (Å²) in [5.74, 6) is 0.0745. The summed E-state index contributed by atoms with van der Waals surface area (Å²) >= 11 is 1.51. The van der Waals surface area contributed by atoms with E-state index >= 15 is 0 Å². The average molecular weight is 238 g/mol. The van der Waals surface area contributed by atoms with Gasteiger partial charge in [-0.05, 0) is 49.7 Å². The van der Waals surface area contributed by atoms with Crippen LogP contribution < -0.4 is 10.6 Å². The minimum atomic E-state index is 0.0745. The van der Waals surface area contributed by atoms with E-state index < -0.39 is 0 Å². The molecular weight excluding hydrogens is 220 g/mol. The van der Waals surface area contributed by atoms with Gasteiger partial charge in [0.05, 0.1) is 4.88 Å². The molecule has 0 aliphatic carbocycles. The molecule has 1 saturated heterocycles. The van der Waals surface area contributed by atoms with Crippen molar-refractivity contribution in [2.24, 2.45) is 0 Å². The Hall–Kier alpha value is -0.870. The maximum Gasteiger partial charge on any atom is 0.261 e. The predicted molar refractivity (Wildman–Crippen MR) is 67.0 cm³/mol. The van der Waals surface area contributed by atoms with E-state index in [1.54, 1.807) is 0 Å². The van der Waals surface area contributed by atoms with Gasteiger partial charge in [0.1, 0.15) is 0 Å². The van der Waals surface area contributed by atoms with Crippen LogP contribution >= 0.6 is 11.3 Å². The van der Waals surface area contributed by atoms with Crippen LogP contribution in [-0.4, -0.2) is 25.0 Å². The molecular formula is C12H18N2OS. The molecule has 16 heavy (non-hydrogen) atoms. The molecule has 3 nitrogen and oxygen atoms in total. The molecule has 1 fully saturated rings. The van der Waals surface area contributed by atoms with E-state index in [0.717, 1.165) is 30.0 Å². The minimum absolute atomic E-state index is 0.0745. The van der Waals surface area contributed by atoms with Gasteiger partial charge < -0.3 is 10.6 Å². The van der Waals surface area contributed by atoms with Gasteiger partial charge in [0.25, 0.3) is 5.91 Å². The zero-order valence-corrected chi connectivity index (χ0v) is 10.4. The number of hydrogen-bond acceptors (Lipinski definition) is 3. The zero-order valence-electron chi connectivity index (χ0n) is 9.58. The van der Waals surface area contributed by atoms with Crippen LogP contribution in [0.15, 0.2) is 11.4 Å². The lowest BCUT2D eigenvalue weighted by Gasteiger charge is -2.10. The molecule has 0 bridgehead atoms. The van der Waals surface area contributed by atoms with Gasteiger partial charge in [0.2, 0.25) is 0 Å². The second kappa shape index (κ2) is 5.46. The van der Waals surface area contributed by atoms with Crippen molar-refractivity contribution in [2.45, 2.75) is 32.2 Å². The Kier molecular flexibility index (Phi) is 3.96. The molecule has 1 aromatic heterocycles. The fourth-order valence-corrected chi connectivity index (χ4v) is 2.89. The first-order valence-corrected chi connectivity index (χ1v) is 6.71. The van der Waals surface area contributed by atoms with Crippen molar-refractivity contribution in [3.63, 3.8) is 0 Å². The summed E-state index contributed by atoms with van der Waals surface area (Å²) in [5, 5.41) is 8.37. The largest absolute Gasteiger partial charge is 0.351 e. The van der Waals surface area contributed by atoms with E-state index in [1.807, 2.05) is 18.4 Å². The molecule has 2 heterocycles. The van der Waals surface area contributed by atoms with Gasteiger partial charge in [0, 0.05) is 12.6 Å². The monoisotopic (exact) mass is 238 g/mol. The third-order valence-corrected chi connectivity index (χ3v) is 4.02. The summed E-state index contributed by atoms with van der Waals surface area (Å²) in [4.78, 5) is 12.6. The molecule has 1 aromatic rings. The van der Waals surface area contributed by atoms with Crippen molar-refractivity contribution in [1.29, 1.82) is 0 Å². The number of hydrogen-bond donors (Lipinski definition) is 2. The number of amides is 1. The molecule has 4 heteroatoms. The van der Waals surface area contributed by atoms with Crippen LogP contribution in [0.25, 0.3) is 0 Å². The topological polar surface area (TPSA) is 41.1 Å². The van der Waals surface area contributed by atoms with Crippen LogP contribution in [0, 0.1) is 6.92 Å².